The highest BCUT2D eigenvalue weighted by Crippen LogP contribution is 2.29. The molecule has 5 N–H and O–H groups in total. The predicted molar refractivity (Wildman–Crippen MR) is 78.2 cm³/mol. The Hall–Kier alpha value is -1.75. The molecule has 0 aliphatic rings. The van der Waals surface area contributed by atoms with Crippen molar-refractivity contribution in [3.63, 3.8) is 0 Å². The highest BCUT2D eigenvalue weighted by atomic mass is 16.3. The van der Waals surface area contributed by atoms with Gasteiger partial charge in [-0.1, -0.05) is 0 Å². The fraction of sp³-hybridized carbons (Fsp3) is 0.500. The minimum Gasteiger partial charge on any atom is -0.399 e. The van der Waals surface area contributed by atoms with Crippen molar-refractivity contribution < 1.29 is 9.90 Å². The number of benzene rings is 1. The smallest absolute Gasteiger partial charge is 0.253 e. The summed E-state index contributed by atoms with van der Waals surface area (Å²) in [6, 6.07) is 5.03. The molecule has 0 radical (unpaired) electrons. The Morgan fingerprint density at radius 1 is 1.26 bits per heavy atom. The Kier molecular flexibility index (Phi) is 4.10. The van der Waals surface area contributed by atoms with Gasteiger partial charge < -0.3 is 21.5 Å². The first-order chi connectivity index (χ1) is 8.58. The minimum absolute atomic E-state index is 0.200. The van der Waals surface area contributed by atoms with E-state index in [-0.39, 0.29) is 5.91 Å². The van der Waals surface area contributed by atoms with Gasteiger partial charge in [-0.05, 0) is 45.9 Å². The molecule has 0 atom stereocenters. The summed E-state index contributed by atoms with van der Waals surface area (Å²) in [5.41, 5.74) is 5.84. The summed E-state index contributed by atoms with van der Waals surface area (Å²) in [7, 11) is 1.57. The third kappa shape index (κ3) is 3.38. The molecule has 1 amide bonds. The minimum atomic E-state index is -0.961. The van der Waals surface area contributed by atoms with E-state index in [2.05, 4.69) is 10.6 Å². The first-order valence-corrected chi connectivity index (χ1v) is 6.20. The zero-order chi connectivity index (χ0) is 14.8. The van der Waals surface area contributed by atoms with Crippen molar-refractivity contribution in [1.82, 2.24) is 5.32 Å². The van der Waals surface area contributed by atoms with Crippen molar-refractivity contribution in [2.24, 2.45) is 0 Å². The molecule has 0 aliphatic carbocycles. The third-order valence-electron chi connectivity index (χ3n) is 3.49. The lowest BCUT2D eigenvalue weighted by molar-refractivity contribution is 0.0240. The number of anilines is 2. The second-order valence-electron chi connectivity index (χ2n) is 5.69. The first kappa shape index (κ1) is 15.3. The number of aliphatic hydroxyl groups is 1. The number of nitrogens with one attached hydrogen (secondary N) is 2. The maximum atomic E-state index is 11.8. The topological polar surface area (TPSA) is 87.4 Å². The van der Waals surface area contributed by atoms with E-state index in [1.54, 1.807) is 39.1 Å². The van der Waals surface area contributed by atoms with Gasteiger partial charge in [0.1, 0.15) is 0 Å². The molecular formula is C14H23N3O2. The molecule has 19 heavy (non-hydrogen) atoms. The van der Waals surface area contributed by atoms with E-state index in [9.17, 15) is 9.90 Å². The van der Waals surface area contributed by atoms with Crippen molar-refractivity contribution >= 4 is 17.3 Å². The molecule has 0 spiro atoms. The summed E-state index contributed by atoms with van der Waals surface area (Å²) in [4.78, 5) is 11.8. The first-order valence-electron chi connectivity index (χ1n) is 6.20. The van der Waals surface area contributed by atoms with Gasteiger partial charge >= 0.3 is 0 Å². The molecule has 106 valence electrons. The maximum absolute atomic E-state index is 11.8. The molecule has 0 aliphatic heterocycles. The van der Waals surface area contributed by atoms with Crippen LogP contribution in [0.4, 0.5) is 11.4 Å². The van der Waals surface area contributed by atoms with Crippen LogP contribution in [0.15, 0.2) is 18.2 Å². The number of nitrogens with two attached hydrogens (primary N) is 1. The molecule has 0 bridgehead atoms. The molecule has 5 heteroatoms. The quantitative estimate of drug-likeness (QED) is 0.623. The van der Waals surface area contributed by atoms with Crippen LogP contribution in [-0.4, -0.2) is 29.2 Å². The molecule has 1 rings (SSSR count). The van der Waals surface area contributed by atoms with Crippen LogP contribution in [0.1, 0.15) is 38.1 Å². The normalized spacial score (nSPS) is 12.1. The zero-order valence-corrected chi connectivity index (χ0v) is 12.2. The van der Waals surface area contributed by atoms with Gasteiger partial charge in [0.25, 0.3) is 5.91 Å². The molecule has 1 aromatic rings. The molecular weight excluding hydrogens is 242 g/mol. The number of carbonyl (C=O) groups is 1. The van der Waals surface area contributed by atoms with Crippen LogP contribution in [-0.2, 0) is 0 Å². The number of nitrogen functional groups attached to an aromatic ring is 1. The van der Waals surface area contributed by atoms with E-state index in [4.69, 9.17) is 5.73 Å². The third-order valence-corrected chi connectivity index (χ3v) is 3.49. The van der Waals surface area contributed by atoms with Crippen LogP contribution in [0.3, 0.4) is 0 Å². The summed E-state index contributed by atoms with van der Waals surface area (Å²) in [5, 5.41) is 15.9. The van der Waals surface area contributed by atoms with Gasteiger partial charge in [-0.15, -0.1) is 0 Å². The molecule has 1 aromatic carbocycles. The fourth-order valence-electron chi connectivity index (χ4n) is 1.49. The van der Waals surface area contributed by atoms with Crippen LogP contribution in [0.25, 0.3) is 0 Å². The molecule has 0 unspecified atom stereocenters. The molecule has 5 nitrogen and oxygen atoms in total. The number of amides is 1. The average molecular weight is 265 g/mol. The van der Waals surface area contributed by atoms with Gasteiger partial charge in [-0.3, -0.25) is 4.79 Å². The summed E-state index contributed by atoms with van der Waals surface area (Å²) in [5.74, 6) is -0.200. The Balaban J connectivity index is 3.20. The maximum Gasteiger partial charge on any atom is 0.253 e. The van der Waals surface area contributed by atoms with Crippen molar-refractivity contribution in [3.05, 3.63) is 23.8 Å². The van der Waals surface area contributed by atoms with E-state index in [0.29, 0.717) is 16.9 Å². The van der Waals surface area contributed by atoms with Crippen LogP contribution in [0.5, 0.6) is 0 Å². The predicted octanol–water partition coefficient (Wildman–Crippen LogP) is 1.59. The monoisotopic (exact) mass is 265 g/mol. The van der Waals surface area contributed by atoms with Crippen molar-refractivity contribution in [2.75, 3.05) is 18.1 Å². The number of carbonyl (C=O) groups excluding carboxylic acids is 1. The second kappa shape index (κ2) is 5.09. The number of hydrogen-bond acceptors (Lipinski definition) is 4. The van der Waals surface area contributed by atoms with Crippen molar-refractivity contribution in [2.45, 2.75) is 38.8 Å². The number of rotatable bonds is 4. The van der Waals surface area contributed by atoms with E-state index < -0.39 is 11.1 Å². The van der Waals surface area contributed by atoms with Gasteiger partial charge in [0, 0.05) is 18.4 Å². The lowest BCUT2D eigenvalue weighted by Crippen LogP contribution is -2.51. The van der Waals surface area contributed by atoms with Crippen LogP contribution in [0, 0.1) is 0 Å². The fourth-order valence-corrected chi connectivity index (χ4v) is 1.49. The molecule has 0 heterocycles. The Bertz CT molecular complexity index is 476. The lowest BCUT2D eigenvalue weighted by Gasteiger charge is -2.39. The van der Waals surface area contributed by atoms with E-state index >= 15 is 0 Å². The van der Waals surface area contributed by atoms with Gasteiger partial charge in [0.15, 0.2) is 0 Å². The average Bonchev–Trinajstić information content (AvgIpc) is 2.26. The van der Waals surface area contributed by atoms with Gasteiger partial charge in [0.2, 0.25) is 0 Å². The largest absolute Gasteiger partial charge is 0.399 e. The molecule has 0 aromatic heterocycles. The Morgan fingerprint density at radius 3 is 2.32 bits per heavy atom. The van der Waals surface area contributed by atoms with Gasteiger partial charge in [-0.25, -0.2) is 0 Å². The highest BCUT2D eigenvalue weighted by Gasteiger charge is 2.35. The summed E-state index contributed by atoms with van der Waals surface area (Å²) >= 11 is 0. The SMILES string of the molecule is CNC(=O)c1ccc(N)cc1NC(C)(C)C(C)(C)O. The molecule has 0 saturated carbocycles. The summed E-state index contributed by atoms with van der Waals surface area (Å²) in [6.07, 6.45) is 0. The second-order valence-corrected chi connectivity index (χ2v) is 5.69. The molecule has 0 fully saturated rings. The van der Waals surface area contributed by atoms with Gasteiger partial charge in [0.05, 0.1) is 16.7 Å². The number of hydrogen-bond donors (Lipinski definition) is 4. The Labute approximate surface area is 114 Å². The van der Waals surface area contributed by atoms with Crippen LogP contribution in [0.2, 0.25) is 0 Å². The summed E-state index contributed by atoms with van der Waals surface area (Å²) in [6.45, 7) is 7.16. The molecule has 0 saturated heterocycles. The lowest BCUT2D eigenvalue weighted by atomic mass is 9.85. The van der Waals surface area contributed by atoms with Crippen LogP contribution < -0.4 is 16.4 Å². The van der Waals surface area contributed by atoms with Crippen molar-refractivity contribution in [3.8, 4) is 0 Å². The zero-order valence-electron chi connectivity index (χ0n) is 12.2. The summed E-state index contributed by atoms with van der Waals surface area (Å²) < 4.78 is 0. The standard InChI is InChI=1S/C14H23N3O2/c1-13(2,14(3,4)19)17-11-8-9(15)6-7-10(11)12(18)16-5/h6-8,17,19H,15H2,1-5H3,(H,16,18). The van der Waals surface area contributed by atoms with Gasteiger partial charge in [-0.2, -0.15) is 0 Å². The Morgan fingerprint density at radius 2 is 1.84 bits per heavy atom. The van der Waals surface area contributed by atoms with E-state index in [1.807, 2.05) is 13.8 Å². The van der Waals surface area contributed by atoms with Crippen molar-refractivity contribution in [1.29, 1.82) is 0 Å². The van der Waals surface area contributed by atoms with Crippen LogP contribution >= 0.6 is 0 Å². The highest BCUT2D eigenvalue weighted by molar-refractivity contribution is 6.00. The van der Waals surface area contributed by atoms with E-state index in [1.165, 1.54) is 0 Å². The van der Waals surface area contributed by atoms with E-state index in [0.717, 1.165) is 0 Å².